The summed E-state index contributed by atoms with van der Waals surface area (Å²) in [5.41, 5.74) is 1.23. The predicted molar refractivity (Wildman–Crippen MR) is 178 cm³/mol. The monoisotopic (exact) mass is 694 g/mol. The minimum atomic E-state index is -1.68. The Hall–Kier alpha value is -0.780. The van der Waals surface area contributed by atoms with Crippen LogP contribution >= 0.6 is 0 Å². The van der Waals surface area contributed by atoms with Crippen LogP contribution in [0.2, 0.25) is 0 Å². The van der Waals surface area contributed by atoms with Gasteiger partial charge >= 0.3 is 0 Å². The highest BCUT2D eigenvalue weighted by Gasteiger charge is 2.47. The normalized spacial score (nSPS) is 33.6. The molecule has 2 aliphatic rings. The number of rotatable bonds is 23. The van der Waals surface area contributed by atoms with Crippen molar-refractivity contribution in [1.29, 1.82) is 0 Å². The van der Waals surface area contributed by atoms with E-state index >= 15 is 0 Å². The van der Waals surface area contributed by atoms with Gasteiger partial charge in [0.1, 0.15) is 54.9 Å². The van der Waals surface area contributed by atoms with E-state index < -0.39 is 80.7 Å². The molecule has 0 spiro atoms. The topological polar surface area (TPSA) is 208 Å². The van der Waals surface area contributed by atoms with Gasteiger partial charge in [-0.15, -0.1) is 0 Å². The van der Waals surface area contributed by atoms with Gasteiger partial charge in [-0.25, -0.2) is 0 Å². The van der Waals surface area contributed by atoms with Gasteiger partial charge in [-0.1, -0.05) is 84.3 Å². The van der Waals surface area contributed by atoms with Crippen molar-refractivity contribution < 1.29 is 64.5 Å². The second-order valence-electron chi connectivity index (χ2n) is 14.5. The Labute approximate surface area is 286 Å². The molecular weight excluding hydrogens is 628 g/mol. The maximum Gasteiger partial charge on any atom is 0.186 e. The number of ether oxygens (including phenoxy) is 5. The second-order valence-corrected chi connectivity index (χ2v) is 14.5. The van der Waals surface area contributed by atoms with E-state index in [1.54, 1.807) is 0 Å². The van der Waals surface area contributed by atoms with Gasteiger partial charge in [0.15, 0.2) is 12.6 Å². The zero-order valence-electron chi connectivity index (χ0n) is 29.7. The molecule has 2 saturated heterocycles. The zero-order valence-corrected chi connectivity index (χ0v) is 29.7. The molecule has 2 unspecified atom stereocenters. The highest BCUT2D eigenvalue weighted by atomic mass is 16.7. The molecule has 13 atom stereocenters. The van der Waals surface area contributed by atoms with Crippen LogP contribution in [-0.4, -0.2) is 141 Å². The second kappa shape index (κ2) is 22.9. The van der Waals surface area contributed by atoms with Crippen molar-refractivity contribution >= 4 is 0 Å². The third-order valence-corrected chi connectivity index (χ3v) is 9.39. The molecule has 0 aliphatic carbocycles. The van der Waals surface area contributed by atoms with Crippen LogP contribution < -0.4 is 0 Å². The SMILES string of the molecule is C/C(=C\COC[C@@H](O)CO[C@@H]1O[C@H](CO[C@H]2O[C@H](CO)[C@H](O)[C@H](O)[C@H]2O)[C@H](O)[C@H](O)[C@H]1O)CCCC(C)CCCC(C)CCCC(C)C. The highest BCUT2D eigenvalue weighted by Crippen LogP contribution is 2.26. The number of allylic oxidation sites excluding steroid dienone is 1. The summed E-state index contributed by atoms with van der Waals surface area (Å²) in [6.45, 7) is 10.3. The average molecular weight is 695 g/mol. The number of aliphatic hydroxyl groups excluding tert-OH is 8. The van der Waals surface area contributed by atoms with E-state index in [1.807, 2.05) is 6.08 Å². The van der Waals surface area contributed by atoms with Gasteiger partial charge < -0.3 is 64.5 Å². The van der Waals surface area contributed by atoms with Gasteiger partial charge in [0.2, 0.25) is 0 Å². The molecule has 0 radical (unpaired) electrons. The standard InChI is InChI=1S/C35H66O13/c1-21(2)9-6-10-22(3)11-7-12-23(4)13-8-14-24(5)15-16-44-18-25(37)19-45-34-33(43)31(41)29(39)27(48-34)20-46-35-32(42)30(40)28(38)26(17-36)47-35/h15,21-23,25-43H,6-14,16-20H2,1-5H3/b24-15+/t22?,23?,25-,26-,27-,28+,29+,30+,31+,32-,33-,34-,35+/m1/s1. The van der Waals surface area contributed by atoms with E-state index in [2.05, 4.69) is 34.6 Å². The smallest absolute Gasteiger partial charge is 0.186 e. The quantitative estimate of drug-likeness (QED) is 0.0563. The molecule has 2 aliphatic heterocycles. The van der Waals surface area contributed by atoms with Crippen molar-refractivity contribution in [1.82, 2.24) is 0 Å². The van der Waals surface area contributed by atoms with Gasteiger partial charge in [0, 0.05) is 0 Å². The van der Waals surface area contributed by atoms with E-state index in [4.69, 9.17) is 23.7 Å². The zero-order chi connectivity index (χ0) is 35.8. The van der Waals surface area contributed by atoms with Crippen LogP contribution in [0.1, 0.15) is 92.4 Å². The first kappa shape index (κ1) is 43.4. The van der Waals surface area contributed by atoms with E-state index in [0.29, 0.717) is 12.5 Å². The van der Waals surface area contributed by atoms with Crippen molar-refractivity contribution in [2.24, 2.45) is 17.8 Å². The third-order valence-electron chi connectivity index (χ3n) is 9.39. The fraction of sp³-hybridized carbons (Fsp3) is 0.943. The summed E-state index contributed by atoms with van der Waals surface area (Å²) in [5.74, 6) is 2.32. The van der Waals surface area contributed by atoms with Crippen molar-refractivity contribution in [3.8, 4) is 0 Å². The highest BCUT2D eigenvalue weighted by molar-refractivity contribution is 4.98. The van der Waals surface area contributed by atoms with Crippen LogP contribution in [-0.2, 0) is 23.7 Å². The lowest BCUT2D eigenvalue weighted by Crippen LogP contribution is -2.61. The molecule has 284 valence electrons. The molecule has 48 heavy (non-hydrogen) atoms. The van der Waals surface area contributed by atoms with Gasteiger partial charge in [-0.05, 0) is 37.5 Å². The molecule has 2 fully saturated rings. The van der Waals surface area contributed by atoms with Crippen molar-refractivity contribution in [2.45, 2.75) is 160 Å². The van der Waals surface area contributed by atoms with E-state index in [-0.39, 0.29) is 13.2 Å². The van der Waals surface area contributed by atoms with Crippen LogP contribution in [0.5, 0.6) is 0 Å². The Morgan fingerprint density at radius 2 is 1.19 bits per heavy atom. The van der Waals surface area contributed by atoms with Crippen LogP contribution in [0, 0.1) is 17.8 Å². The lowest BCUT2D eigenvalue weighted by atomic mass is 9.91. The fourth-order valence-corrected chi connectivity index (χ4v) is 6.06. The van der Waals surface area contributed by atoms with E-state index in [0.717, 1.165) is 24.7 Å². The Balaban J connectivity index is 1.63. The van der Waals surface area contributed by atoms with Gasteiger partial charge in [0.25, 0.3) is 0 Å². The molecule has 0 saturated carbocycles. The average Bonchev–Trinajstić information content (AvgIpc) is 3.04. The Morgan fingerprint density at radius 1 is 0.667 bits per heavy atom. The molecule has 13 heteroatoms. The van der Waals surface area contributed by atoms with Crippen molar-refractivity contribution in [2.75, 3.05) is 33.0 Å². The Kier molecular flexibility index (Phi) is 20.7. The van der Waals surface area contributed by atoms with Gasteiger partial charge in [-0.2, -0.15) is 0 Å². The summed E-state index contributed by atoms with van der Waals surface area (Å²) in [4.78, 5) is 0. The van der Waals surface area contributed by atoms with E-state index in [1.165, 1.54) is 50.5 Å². The Morgan fingerprint density at radius 3 is 1.77 bits per heavy atom. The molecule has 0 aromatic rings. The third kappa shape index (κ3) is 15.2. The predicted octanol–water partition coefficient (Wildman–Crippen LogP) is 1.39. The molecule has 8 N–H and O–H groups in total. The number of hydrogen-bond donors (Lipinski definition) is 8. The van der Waals surface area contributed by atoms with Crippen molar-refractivity contribution in [3.63, 3.8) is 0 Å². The maximum atomic E-state index is 10.4. The summed E-state index contributed by atoms with van der Waals surface area (Å²) in [6.07, 6.45) is -2.97. The van der Waals surface area contributed by atoms with Gasteiger partial charge in [-0.3, -0.25) is 0 Å². The number of hydrogen-bond acceptors (Lipinski definition) is 13. The summed E-state index contributed by atoms with van der Waals surface area (Å²) in [7, 11) is 0. The summed E-state index contributed by atoms with van der Waals surface area (Å²) in [5, 5.41) is 80.7. The molecule has 0 aromatic heterocycles. The van der Waals surface area contributed by atoms with E-state index in [9.17, 15) is 40.9 Å². The first-order chi connectivity index (χ1) is 22.7. The largest absolute Gasteiger partial charge is 0.394 e. The molecule has 2 rings (SSSR count). The summed E-state index contributed by atoms with van der Waals surface area (Å²) < 4.78 is 27.3. The lowest BCUT2D eigenvalue weighted by Gasteiger charge is -2.42. The van der Waals surface area contributed by atoms with Crippen LogP contribution in [0.3, 0.4) is 0 Å². The molecule has 0 amide bonds. The maximum absolute atomic E-state index is 10.4. The Bertz CT molecular complexity index is 873. The molecule has 13 nitrogen and oxygen atoms in total. The first-order valence-corrected chi connectivity index (χ1v) is 17.9. The number of aliphatic hydroxyl groups is 8. The van der Waals surface area contributed by atoms with Gasteiger partial charge in [0.05, 0.1) is 33.0 Å². The minimum absolute atomic E-state index is 0.0334. The lowest BCUT2D eigenvalue weighted by molar-refractivity contribution is -0.332. The van der Waals surface area contributed by atoms with Crippen LogP contribution in [0.25, 0.3) is 0 Å². The van der Waals surface area contributed by atoms with Crippen molar-refractivity contribution in [3.05, 3.63) is 11.6 Å². The van der Waals surface area contributed by atoms with Crippen LogP contribution in [0.15, 0.2) is 11.6 Å². The minimum Gasteiger partial charge on any atom is -0.394 e. The molecule has 0 bridgehead atoms. The fourth-order valence-electron chi connectivity index (χ4n) is 6.06. The summed E-state index contributed by atoms with van der Waals surface area (Å²) in [6, 6.07) is 0. The van der Waals surface area contributed by atoms with Crippen LogP contribution in [0.4, 0.5) is 0 Å². The summed E-state index contributed by atoms with van der Waals surface area (Å²) >= 11 is 0. The molecule has 0 aromatic carbocycles. The molecular formula is C35H66O13. The first-order valence-electron chi connectivity index (χ1n) is 17.9. The molecule has 2 heterocycles.